The van der Waals surface area contributed by atoms with Crippen molar-refractivity contribution in [1.82, 2.24) is 0 Å². The fraction of sp³-hybridized carbons (Fsp3) is 1.00. The molecule has 0 radical (unpaired) electrons. The average Bonchev–Trinajstić information content (AvgIpc) is 2.08. The van der Waals surface area contributed by atoms with Crippen LogP contribution in [0.15, 0.2) is 0 Å². The van der Waals surface area contributed by atoms with Crippen molar-refractivity contribution in [1.29, 1.82) is 0 Å². The van der Waals surface area contributed by atoms with Crippen LogP contribution in [0.3, 0.4) is 0 Å². The van der Waals surface area contributed by atoms with Crippen molar-refractivity contribution in [3.63, 3.8) is 0 Å². The van der Waals surface area contributed by atoms with Crippen LogP contribution >= 0.6 is 0 Å². The summed E-state index contributed by atoms with van der Waals surface area (Å²) in [5.74, 6) is 3.99. The molecule has 0 amide bonds. The topological polar surface area (TPSA) is 0 Å². The molecule has 2 unspecified atom stereocenters. The largest absolute Gasteiger partial charge is 0.0651 e. The third-order valence-electron chi connectivity index (χ3n) is 3.95. The second kappa shape index (κ2) is 4.30. The summed E-state index contributed by atoms with van der Waals surface area (Å²) in [6.07, 6.45) is 5.74. The Balaban J connectivity index is 2.55. The average molecular weight is 168 g/mol. The fourth-order valence-electron chi connectivity index (χ4n) is 3.02. The van der Waals surface area contributed by atoms with Crippen LogP contribution in [0.5, 0.6) is 0 Å². The Morgan fingerprint density at radius 1 is 0.917 bits per heavy atom. The van der Waals surface area contributed by atoms with Gasteiger partial charge in [0, 0.05) is 0 Å². The van der Waals surface area contributed by atoms with Gasteiger partial charge < -0.3 is 0 Å². The minimum absolute atomic E-state index is 0.982. The molecule has 0 aromatic carbocycles. The van der Waals surface area contributed by atoms with Crippen LogP contribution in [-0.2, 0) is 0 Å². The van der Waals surface area contributed by atoms with Crippen molar-refractivity contribution in [3.8, 4) is 0 Å². The Labute approximate surface area is 77.7 Å². The highest BCUT2D eigenvalue weighted by Crippen LogP contribution is 2.40. The van der Waals surface area contributed by atoms with Crippen molar-refractivity contribution < 1.29 is 0 Å². The molecule has 0 heterocycles. The SMILES string of the molecule is CCC1CC(C)CC(CC)C1C. The molecule has 0 spiro atoms. The second-order valence-electron chi connectivity index (χ2n) is 4.77. The van der Waals surface area contributed by atoms with Gasteiger partial charge in [0.15, 0.2) is 0 Å². The summed E-state index contributed by atoms with van der Waals surface area (Å²) in [4.78, 5) is 0. The molecule has 0 saturated heterocycles. The van der Waals surface area contributed by atoms with Crippen LogP contribution in [-0.4, -0.2) is 0 Å². The van der Waals surface area contributed by atoms with E-state index in [0.29, 0.717) is 0 Å². The van der Waals surface area contributed by atoms with Crippen LogP contribution in [0.25, 0.3) is 0 Å². The molecule has 0 aliphatic heterocycles. The zero-order valence-corrected chi connectivity index (χ0v) is 9.14. The molecule has 72 valence electrons. The van der Waals surface area contributed by atoms with E-state index in [1.54, 1.807) is 0 Å². The van der Waals surface area contributed by atoms with Gasteiger partial charge in [0.05, 0.1) is 0 Å². The first-order valence-corrected chi connectivity index (χ1v) is 5.69. The molecule has 12 heavy (non-hydrogen) atoms. The van der Waals surface area contributed by atoms with E-state index in [9.17, 15) is 0 Å². The molecule has 1 saturated carbocycles. The monoisotopic (exact) mass is 168 g/mol. The van der Waals surface area contributed by atoms with Crippen molar-refractivity contribution in [2.75, 3.05) is 0 Å². The van der Waals surface area contributed by atoms with Gasteiger partial charge in [0.25, 0.3) is 0 Å². The molecular weight excluding hydrogens is 144 g/mol. The van der Waals surface area contributed by atoms with Crippen molar-refractivity contribution in [3.05, 3.63) is 0 Å². The lowest BCUT2D eigenvalue weighted by Crippen LogP contribution is -2.29. The van der Waals surface area contributed by atoms with Gasteiger partial charge in [0.2, 0.25) is 0 Å². The molecule has 0 bridgehead atoms. The Hall–Kier alpha value is 0. The lowest BCUT2D eigenvalue weighted by Gasteiger charge is -2.38. The number of hydrogen-bond donors (Lipinski definition) is 0. The van der Waals surface area contributed by atoms with Gasteiger partial charge in [-0.2, -0.15) is 0 Å². The summed E-state index contributed by atoms with van der Waals surface area (Å²) in [7, 11) is 0. The van der Waals surface area contributed by atoms with Crippen LogP contribution in [0.4, 0.5) is 0 Å². The normalized spacial score (nSPS) is 43.0. The van der Waals surface area contributed by atoms with E-state index in [0.717, 1.165) is 23.7 Å². The lowest BCUT2D eigenvalue weighted by atomic mass is 9.67. The predicted octanol–water partition coefficient (Wildman–Crippen LogP) is 4.10. The van der Waals surface area contributed by atoms with Crippen molar-refractivity contribution >= 4 is 0 Å². The fourth-order valence-corrected chi connectivity index (χ4v) is 3.02. The number of hydrogen-bond acceptors (Lipinski definition) is 0. The smallest absolute Gasteiger partial charge is 0.0386 e. The van der Waals surface area contributed by atoms with E-state index in [1.165, 1.54) is 25.7 Å². The van der Waals surface area contributed by atoms with Crippen LogP contribution in [0.2, 0.25) is 0 Å². The van der Waals surface area contributed by atoms with Gasteiger partial charge in [-0.05, 0) is 36.5 Å². The van der Waals surface area contributed by atoms with Crippen molar-refractivity contribution in [2.45, 2.75) is 53.4 Å². The molecule has 0 N–H and O–H groups in total. The Morgan fingerprint density at radius 3 is 1.67 bits per heavy atom. The zero-order chi connectivity index (χ0) is 9.14. The maximum Gasteiger partial charge on any atom is -0.0386 e. The molecule has 0 nitrogen and oxygen atoms in total. The molecule has 1 aliphatic rings. The highest BCUT2D eigenvalue weighted by molar-refractivity contribution is 4.81. The third-order valence-corrected chi connectivity index (χ3v) is 3.95. The zero-order valence-electron chi connectivity index (χ0n) is 9.14. The summed E-state index contributed by atoms with van der Waals surface area (Å²) in [5.41, 5.74) is 0. The third kappa shape index (κ3) is 2.02. The quantitative estimate of drug-likeness (QED) is 0.582. The van der Waals surface area contributed by atoms with Gasteiger partial charge in [-0.15, -0.1) is 0 Å². The lowest BCUT2D eigenvalue weighted by molar-refractivity contribution is 0.119. The van der Waals surface area contributed by atoms with E-state index < -0.39 is 0 Å². The molecule has 2 atom stereocenters. The highest BCUT2D eigenvalue weighted by Gasteiger charge is 2.30. The molecule has 0 aromatic rings. The molecule has 0 heteroatoms. The summed E-state index contributed by atoms with van der Waals surface area (Å²) in [5, 5.41) is 0. The first-order valence-electron chi connectivity index (χ1n) is 5.69. The van der Waals surface area contributed by atoms with Crippen LogP contribution in [0.1, 0.15) is 53.4 Å². The summed E-state index contributed by atoms with van der Waals surface area (Å²) in [6.45, 7) is 9.60. The summed E-state index contributed by atoms with van der Waals surface area (Å²) in [6, 6.07) is 0. The minimum Gasteiger partial charge on any atom is -0.0651 e. The first-order chi connectivity index (χ1) is 5.69. The second-order valence-corrected chi connectivity index (χ2v) is 4.77. The van der Waals surface area contributed by atoms with Crippen molar-refractivity contribution in [2.24, 2.45) is 23.7 Å². The van der Waals surface area contributed by atoms with Gasteiger partial charge in [-0.3, -0.25) is 0 Å². The van der Waals surface area contributed by atoms with E-state index in [-0.39, 0.29) is 0 Å². The molecule has 1 aliphatic carbocycles. The van der Waals surface area contributed by atoms with Gasteiger partial charge in [-0.1, -0.05) is 40.5 Å². The maximum absolute atomic E-state index is 2.47. The Kier molecular flexibility index (Phi) is 3.61. The predicted molar refractivity (Wildman–Crippen MR) is 55.1 cm³/mol. The van der Waals surface area contributed by atoms with E-state index in [4.69, 9.17) is 0 Å². The van der Waals surface area contributed by atoms with E-state index >= 15 is 0 Å². The molecule has 1 fully saturated rings. The van der Waals surface area contributed by atoms with Gasteiger partial charge in [-0.25, -0.2) is 0 Å². The standard InChI is InChI=1S/C12H24/c1-5-11-7-9(3)8-12(6-2)10(11)4/h9-12H,5-8H2,1-4H3. The van der Waals surface area contributed by atoms with Gasteiger partial charge in [0.1, 0.15) is 0 Å². The van der Waals surface area contributed by atoms with E-state index in [2.05, 4.69) is 27.7 Å². The summed E-state index contributed by atoms with van der Waals surface area (Å²) < 4.78 is 0. The highest BCUT2D eigenvalue weighted by atomic mass is 14.4. The summed E-state index contributed by atoms with van der Waals surface area (Å²) >= 11 is 0. The Morgan fingerprint density at radius 2 is 1.33 bits per heavy atom. The first kappa shape index (κ1) is 10.1. The van der Waals surface area contributed by atoms with Crippen LogP contribution in [0, 0.1) is 23.7 Å². The van der Waals surface area contributed by atoms with E-state index in [1.807, 2.05) is 0 Å². The molecule has 0 aromatic heterocycles. The maximum atomic E-state index is 2.47. The van der Waals surface area contributed by atoms with Crippen LogP contribution < -0.4 is 0 Å². The molecule has 1 rings (SSSR count). The molecular formula is C12H24. The number of rotatable bonds is 2. The minimum atomic E-state index is 0.982. The van der Waals surface area contributed by atoms with Gasteiger partial charge >= 0.3 is 0 Å². The Bertz CT molecular complexity index is 114.